The van der Waals surface area contributed by atoms with Crippen molar-refractivity contribution in [3.63, 3.8) is 0 Å². The van der Waals surface area contributed by atoms with E-state index in [4.69, 9.17) is 4.74 Å². The third-order valence-corrected chi connectivity index (χ3v) is 3.97. The zero-order valence-electron chi connectivity index (χ0n) is 14.0. The molecule has 2 aromatic rings. The first-order valence-corrected chi connectivity index (χ1v) is 7.87. The molecule has 0 bridgehead atoms. The lowest BCUT2D eigenvalue weighted by molar-refractivity contribution is -0.113. The van der Waals surface area contributed by atoms with E-state index in [0.717, 1.165) is 5.56 Å². The van der Waals surface area contributed by atoms with Crippen LogP contribution in [-0.4, -0.2) is 19.0 Å². The number of carbonyl (C=O) groups is 2. The second-order valence-corrected chi connectivity index (χ2v) is 5.67. The van der Waals surface area contributed by atoms with Gasteiger partial charge in [-0.05, 0) is 36.8 Å². The van der Waals surface area contributed by atoms with Crippen LogP contribution in [0.2, 0.25) is 0 Å². The van der Waals surface area contributed by atoms with Gasteiger partial charge in [0.25, 0.3) is 5.91 Å². The van der Waals surface area contributed by atoms with Crippen molar-refractivity contribution in [3.8, 4) is 5.75 Å². The molecule has 0 aliphatic carbocycles. The molecule has 1 aliphatic heterocycles. The molecule has 3 amide bonds. The van der Waals surface area contributed by atoms with Crippen LogP contribution in [-0.2, 0) is 4.79 Å². The lowest BCUT2D eigenvalue weighted by Gasteiger charge is -2.28. The number of methoxy groups -OCH3 is 1. The predicted molar refractivity (Wildman–Crippen MR) is 95.2 cm³/mol. The average Bonchev–Trinajstić information content (AvgIpc) is 2.61. The van der Waals surface area contributed by atoms with Gasteiger partial charge >= 0.3 is 6.03 Å². The molecule has 2 aromatic carbocycles. The molecule has 1 atom stereocenters. The van der Waals surface area contributed by atoms with E-state index in [2.05, 4.69) is 16.0 Å². The van der Waals surface area contributed by atoms with Gasteiger partial charge in [0.05, 0.1) is 18.7 Å². The molecule has 128 valence electrons. The molecule has 6 nitrogen and oxygen atoms in total. The monoisotopic (exact) mass is 337 g/mol. The summed E-state index contributed by atoms with van der Waals surface area (Å²) in [7, 11) is 1.57. The van der Waals surface area contributed by atoms with Gasteiger partial charge in [0.15, 0.2) is 0 Å². The lowest BCUT2D eigenvalue weighted by Crippen LogP contribution is -2.45. The molecule has 6 heteroatoms. The Morgan fingerprint density at radius 2 is 1.88 bits per heavy atom. The molecular formula is C19H19N3O3. The standard InChI is InChI=1S/C19H19N3O3/c1-12-16(18(23)21-14-8-4-3-5-9-14)17(22-19(24)20-12)13-7-6-10-15(11-13)25-2/h3-11,17H,1-2H3,(H,21,23)(H2,20,22,24)/t17-/m1/s1. The molecule has 25 heavy (non-hydrogen) atoms. The summed E-state index contributed by atoms with van der Waals surface area (Å²) in [6.45, 7) is 1.71. The van der Waals surface area contributed by atoms with Crippen molar-refractivity contribution in [3.05, 3.63) is 71.4 Å². The van der Waals surface area contributed by atoms with Gasteiger partial charge in [-0.2, -0.15) is 0 Å². The van der Waals surface area contributed by atoms with Gasteiger partial charge < -0.3 is 20.7 Å². The van der Waals surface area contributed by atoms with Crippen molar-refractivity contribution >= 4 is 17.6 Å². The lowest BCUT2D eigenvalue weighted by atomic mass is 9.94. The number of hydrogen-bond acceptors (Lipinski definition) is 3. The Hall–Kier alpha value is -3.28. The van der Waals surface area contributed by atoms with E-state index >= 15 is 0 Å². The van der Waals surface area contributed by atoms with E-state index in [9.17, 15) is 9.59 Å². The van der Waals surface area contributed by atoms with Crippen LogP contribution in [0.4, 0.5) is 10.5 Å². The van der Waals surface area contributed by atoms with E-state index in [1.54, 1.807) is 20.1 Å². The predicted octanol–water partition coefficient (Wildman–Crippen LogP) is 2.96. The molecule has 0 spiro atoms. The van der Waals surface area contributed by atoms with Gasteiger partial charge in [0.1, 0.15) is 5.75 Å². The molecule has 0 saturated carbocycles. The minimum absolute atomic E-state index is 0.274. The van der Waals surface area contributed by atoms with Crippen LogP contribution in [0.25, 0.3) is 0 Å². The third-order valence-electron chi connectivity index (χ3n) is 3.97. The number of ether oxygens (including phenoxy) is 1. The Morgan fingerprint density at radius 3 is 2.60 bits per heavy atom. The number of carbonyl (C=O) groups excluding carboxylic acids is 2. The first-order valence-electron chi connectivity index (χ1n) is 7.87. The van der Waals surface area contributed by atoms with Crippen molar-refractivity contribution in [1.29, 1.82) is 0 Å². The minimum atomic E-state index is -0.562. The molecule has 3 rings (SSSR count). The molecule has 1 heterocycles. The smallest absolute Gasteiger partial charge is 0.319 e. The summed E-state index contributed by atoms with van der Waals surface area (Å²) in [4.78, 5) is 24.8. The van der Waals surface area contributed by atoms with Gasteiger partial charge in [-0.25, -0.2) is 4.79 Å². The van der Waals surface area contributed by atoms with Crippen LogP contribution in [0.3, 0.4) is 0 Å². The first-order chi connectivity index (χ1) is 12.1. The molecule has 0 radical (unpaired) electrons. The summed E-state index contributed by atoms with van der Waals surface area (Å²) in [6.07, 6.45) is 0. The van der Waals surface area contributed by atoms with Crippen LogP contribution < -0.4 is 20.7 Å². The number of para-hydroxylation sites is 1. The number of nitrogens with one attached hydrogen (secondary N) is 3. The largest absolute Gasteiger partial charge is 0.497 e. The number of benzene rings is 2. The molecule has 0 fully saturated rings. The SMILES string of the molecule is COc1cccc([C@H]2NC(=O)NC(C)=C2C(=O)Nc2ccccc2)c1. The molecule has 1 aliphatic rings. The van der Waals surface area contributed by atoms with E-state index < -0.39 is 6.04 Å². The molecule has 0 saturated heterocycles. The summed E-state index contributed by atoms with van der Waals surface area (Å²) in [5.41, 5.74) is 2.43. The Kier molecular flexibility index (Phi) is 4.70. The van der Waals surface area contributed by atoms with Gasteiger partial charge in [0, 0.05) is 11.4 Å². The van der Waals surface area contributed by atoms with E-state index in [1.165, 1.54) is 0 Å². The Labute approximate surface area is 145 Å². The van der Waals surface area contributed by atoms with Gasteiger partial charge in [0.2, 0.25) is 0 Å². The van der Waals surface area contributed by atoms with Crippen LogP contribution in [0, 0.1) is 0 Å². The number of hydrogen-bond donors (Lipinski definition) is 3. The molecule has 0 aromatic heterocycles. The fraction of sp³-hybridized carbons (Fsp3) is 0.158. The number of allylic oxidation sites excluding steroid dienone is 1. The van der Waals surface area contributed by atoms with Crippen molar-refractivity contribution < 1.29 is 14.3 Å². The van der Waals surface area contributed by atoms with Gasteiger partial charge in [-0.3, -0.25) is 4.79 Å². The van der Waals surface area contributed by atoms with Crippen molar-refractivity contribution in [2.24, 2.45) is 0 Å². The number of urea groups is 1. The number of anilines is 1. The topological polar surface area (TPSA) is 79.5 Å². The van der Waals surface area contributed by atoms with Crippen molar-refractivity contribution in [2.45, 2.75) is 13.0 Å². The fourth-order valence-electron chi connectivity index (χ4n) is 2.79. The second-order valence-electron chi connectivity index (χ2n) is 5.67. The highest BCUT2D eigenvalue weighted by atomic mass is 16.5. The summed E-state index contributed by atoms with van der Waals surface area (Å²) in [5.74, 6) is 0.384. The van der Waals surface area contributed by atoms with Crippen LogP contribution in [0.1, 0.15) is 18.5 Å². The molecule has 0 unspecified atom stereocenters. The van der Waals surface area contributed by atoms with Crippen LogP contribution >= 0.6 is 0 Å². The summed E-state index contributed by atoms with van der Waals surface area (Å²) >= 11 is 0. The van der Waals surface area contributed by atoms with E-state index in [-0.39, 0.29) is 11.9 Å². The zero-order valence-corrected chi connectivity index (χ0v) is 14.0. The zero-order chi connectivity index (χ0) is 17.8. The Bertz CT molecular complexity index is 831. The summed E-state index contributed by atoms with van der Waals surface area (Å²) in [6, 6.07) is 15.6. The summed E-state index contributed by atoms with van der Waals surface area (Å²) < 4.78 is 5.25. The summed E-state index contributed by atoms with van der Waals surface area (Å²) in [5, 5.41) is 8.33. The Balaban J connectivity index is 1.96. The first kappa shape index (κ1) is 16.6. The van der Waals surface area contributed by atoms with Crippen LogP contribution in [0.15, 0.2) is 65.9 Å². The van der Waals surface area contributed by atoms with E-state index in [0.29, 0.717) is 22.7 Å². The molecular weight excluding hydrogens is 318 g/mol. The maximum absolute atomic E-state index is 12.8. The third kappa shape index (κ3) is 3.63. The highest BCUT2D eigenvalue weighted by Gasteiger charge is 2.31. The highest BCUT2D eigenvalue weighted by molar-refractivity contribution is 6.06. The quantitative estimate of drug-likeness (QED) is 0.802. The normalized spacial score (nSPS) is 16.7. The maximum atomic E-state index is 12.8. The fourth-order valence-corrected chi connectivity index (χ4v) is 2.79. The van der Waals surface area contributed by atoms with Crippen molar-refractivity contribution in [1.82, 2.24) is 10.6 Å². The number of rotatable bonds is 4. The highest BCUT2D eigenvalue weighted by Crippen LogP contribution is 2.29. The second kappa shape index (κ2) is 7.09. The minimum Gasteiger partial charge on any atom is -0.497 e. The average molecular weight is 337 g/mol. The Morgan fingerprint density at radius 1 is 1.12 bits per heavy atom. The van der Waals surface area contributed by atoms with Crippen LogP contribution in [0.5, 0.6) is 5.75 Å². The van der Waals surface area contributed by atoms with Crippen molar-refractivity contribution in [2.75, 3.05) is 12.4 Å². The van der Waals surface area contributed by atoms with Gasteiger partial charge in [-0.1, -0.05) is 30.3 Å². The maximum Gasteiger partial charge on any atom is 0.319 e. The molecule has 3 N–H and O–H groups in total. The van der Waals surface area contributed by atoms with Gasteiger partial charge in [-0.15, -0.1) is 0 Å². The number of amides is 3. The van der Waals surface area contributed by atoms with E-state index in [1.807, 2.05) is 48.5 Å².